The topological polar surface area (TPSA) is 41.1 Å². The number of hydrogen-bond donors (Lipinski definition) is 2. The Kier molecular flexibility index (Phi) is 4.47. The number of benzene rings is 2. The van der Waals surface area contributed by atoms with Gasteiger partial charge in [0.15, 0.2) is 11.6 Å². The summed E-state index contributed by atoms with van der Waals surface area (Å²) in [5, 5.41) is 5.49. The third-order valence-electron chi connectivity index (χ3n) is 2.76. The molecule has 2 N–H and O–H groups in total. The maximum absolute atomic E-state index is 13.5. The van der Waals surface area contributed by atoms with Crippen molar-refractivity contribution in [1.29, 1.82) is 0 Å². The second kappa shape index (κ2) is 6.30. The molecule has 21 heavy (non-hydrogen) atoms. The van der Waals surface area contributed by atoms with Crippen molar-refractivity contribution in [3.63, 3.8) is 0 Å². The van der Waals surface area contributed by atoms with E-state index in [0.29, 0.717) is 17.4 Å². The van der Waals surface area contributed by atoms with Gasteiger partial charge in [-0.1, -0.05) is 6.07 Å². The van der Waals surface area contributed by atoms with Crippen molar-refractivity contribution in [2.75, 3.05) is 10.6 Å². The van der Waals surface area contributed by atoms with E-state index in [2.05, 4.69) is 10.6 Å². The third kappa shape index (κ3) is 3.98. The molecule has 0 saturated heterocycles. The molecule has 0 aliphatic heterocycles. The Morgan fingerprint density at radius 2 is 1.67 bits per heavy atom. The summed E-state index contributed by atoms with van der Waals surface area (Å²) in [5.41, 5.74) is 1.21. The number of halogens is 3. The fourth-order valence-electron chi connectivity index (χ4n) is 1.81. The van der Waals surface area contributed by atoms with E-state index in [9.17, 15) is 18.0 Å². The number of rotatable bonds is 4. The molecular formula is C15H13F3N2O. The van der Waals surface area contributed by atoms with Crippen LogP contribution in [0.2, 0.25) is 0 Å². The largest absolute Gasteiger partial charge is 0.381 e. The van der Waals surface area contributed by atoms with Gasteiger partial charge in [0.05, 0.1) is 0 Å². The fourth-order valence-corrected chi connectivity index (χ4v) is 1.81. The zero-order chi connectivity index (χ0) is 15.4. The van der Waals surface area contributed by atoms with Crippen molar-refractivity contribution in [2.24, 2.45) is 0 Å². The lowest BCUT2D eigenvalue weighted by molar-refractivity contribution is -0.114. The molecule has 0 saturated carbocycles. The molecular weight excluding hydrogens is 281 g/mol. The molecule has 1 amide bonds. The van der Waals surface area contributed by atoms with Gasteiger partial charge in [-0.25, -0.2) is 13.2 Å². The Hall–Kier alpha value is -2.50. The highest BCUT2D eigenvalue weighted by molar-refractivity contribution is 5.89. The van der Waals surface area contributed by atoms with Crippen LogP contribution >= 0.6 is 0 Å². The van der Waals surface area contributed by atoms with Gasteiger partial charge in [-0.2, -0.15) is 0 Å². The number of carbonyl (C=O) groups excluding carboxylic acids is 1. The van der Waals surface area contributed by atoms with E-state index >= 15 is 0 Å². The molecule has 0 spiro atoms. The van der Waals surface area contributed by atoms with E-state index in [0.717, 1.165) is 6.07 Å². The summed E-state index contributed by atoms with van der Waals surface area (Å²) < 4.78 is 39.4. The fraction of sp³-hybridized carbons (Fsp3) is 0.133. The summed E-state index contributed by atoms with van der Waals surface area (Å²) in [7, 11) is 0. The van der Waals surface area contributed by atoms with Crippen LogP contribution in [0.1, 0.15) is 12.5 Å². The number of anilines is 2. The minimum atomic E-state index is -1.22. The van der Waals surface area contributed by atoms with Crippen molar-refractivity contribution in [1.82, 2.24) is 0 Å². The highest BCUT2D eigenvalue weighted by Crippen LogP contribution is 2.18. The average Bonchev–Trinajstić information content (AvgIpc) is 2.41. The maximum Gasteiger partial charge on any atom is 0.221 e. The molecule has 0 atom stereocenters. The Morgan fingerprint density at radius 3 is 2.38 bits per heavy atom. The average molecular weight is 294 g/mol. The van der Waals surface area contributed by atoms with Gasteiger partial charge in [-0.05, 0) is 24.3 Å². The van der Waals surface area contributed by atoms with Crippen LogP contribution in [0.5, 0.6) is 0 Å². The van der Waals surface area contributed by atoms with Crippen LogP contribution in [-0.2, 0) is 11.3 Å². The van der Waals surface area contributed by atoms with Gasteiger partial charge < -0.3 is 10.6 Å². The summed E-state index contributed by atoms with van der Waals surface area (Å²) in [4.78, 5) is 11.0. The van der Waals surface area contributed by atoms with E-state index in [4.69, 9.17) is 0 Å². The number of amides is 1. The molecule has 2 rings (SSSR count). The van der Waals surface area contributed by atoms with E-state index in [1.165, 1.54) is 6.92 Å². The molecule has 0 fully saturated rings. The Balaban J connectivity index is 2.09. The summed E-state index contributed by atoms with van der Waals surface area (Å²) in [6.45, 7) is 1.38. The first-order valence-electron chi connectivity index (χ1n) is 6.20. The van der Waals surface area contributed by atoms with E-state index in [1.807, 2.05) is 0 Å². The Morgan fingerprint density at radius 1 is 1.00 bits per heavy atom. The summed E-state index contributed by atoms with van der Waals surface area (Å²) in [6.07, 6.45) is 0. The normalized spacial score (nSPS) is 10.3. The van der Waals surface area contributed by atoms with Gasteiger partial charge in [-0.3, -0.25) is 4.79 Å². The molecule has 3 nitrogen and oxygen atoms in total. The van der Waals surface area contributed by atoms with Gasteiger partial charge in [-0.15, -0.1) is 0 Å². The minimum Gasteiger partial charge on any atom is -0.381 e. The number of nitrogens with one attached hydrogen (secondary N) is 2. The van der Waals surface area contributed by atoms with Crippen LogP contribution in [0, 0.1) is 17.5 Å². The summed E-state index contributed by atoms with van der Waals surface area (Å²) >= 11 is 0. The SMILES string of the molecule is CC(=O)Nc1cccc(NCc2cc(F)c(F)cc2F)c1. The van der Waals surface area contributed by atoms with Crippen molar-refractivity contribution in [3.05, 3.63) is 59.4 Å². The van der Waals surface area contributed by atoms with Crippen LogP contribution in [0.3, 0.4) is 0 Å². The zero-order valence-electron chi connectivity index (χ0n) is 11.2. The molecule has 2 aromatic rings. The highest BCUT2D eigenvalue weighted by atomic mass is 19.2. The number of hydrogen-bond acceptors (Lipinski definition) is 2. The van der Waals surface area contributed by atoms with Crippen LogP contribution in [-0.4, -0.2) is 5.91 Å². The molecule has 110 valence electrons. The Labute approximate surface area is 119 Å². The lowest BCUT2D eigenvalue weighted by Crippen LogP contribution is -2.07. The molecule has 0 aromatic heterocycles. The molecule has 0 heterocycles. The van der Waals surface area contributed by atoms with Crippen molar-refractivity contribution in [3.8, 4) is 0 Å². The number of carbonyl (C=O) groups is 1. The predicted molar refractivity (Wildman–Crippen MR) is 74.4 cm³/mol. The Bertz CT molecular complexity index is 674. The van der Waals surface area contributed by atoms with Gasteiger partial charge in [0.25, 0.3) is 0 Å². The van der Waals surface area contributed by atoms with E-state index in [-0.39, 0.29) is 18.0 Å². The lowest BCUT2D eigenvalue weighted by atomic mass is 10.2. The van der Waals surface area contributed by atoms with Crippen LogP contribution in [0.4, 0.5) is 24.5 Å². The minimum absolute atomic E-state index is 0.00738. The first kappa shape index (κ1) is 14.9. The first-order valence-corrected chi connectivity index (χ1v) is 6.20. The first-order chi connectivity index (χ1) is 9.95. The van der Waals surface area contributed by atoms with Crippen molar-refractivity contribution in [2.45, 2.75) is 13.5 Å². The van der Waals surface area contributed by atoms with Crippen molar-refractivity contribution < 1.29 is 18.0 Å². The quantitative estimate of drug-likeness (QED) is 0.845. The maximum atomic E-state index is 13.5. The van der Waals surface area contributed by atoms with Crippen LogP contribution in [0.25, 0.3) is 0 Å². The molecule has 0 aliphatic rings. The molecule has 6 heteroatoms. The highest BCUT2D eigenvalue weighted by Gasteiger charge is 2.09. The zero-order valence-corrected chi connectivity index (χ0v) is 11.2. The standard InChI is InChI=1S/C15H13F3N2O/c1-9(21)20-12-4-2-3-11(6-12)19-8-10-5-14(17)15(18)7-13(10)16/h2-7,19H,8H2,1H3,(H,20,21). The van der Waals surface area contributed by atoms with Crippen LogP contribution in [0.15, 0.2) is 36.4 Å². The smallest absolute Gasteiger partial charge is 0.221 e. The van der Waals surface area contributed by atoms with Gasteiger partial charge in [0.1, 0.15) is 5.82 Å². The molecule has 2 aromatic carbocycles. The van der Waals surface area contributed by atoms with E-state index in [1.54, 1.807) is 24.3 Å². The second-order valence-electron chi connectivity index (χ2n) is 4.47. The summed E-state index contributed by atoms with van der Waals surface area (Å²) in [5.74, 6) is -3.35. The van der Waals surface area contributed by atoms with Gasteiger partial charge >= 0.3 is 0 Å². The predicted octanol–water partition coefficient (Wildman–Crippen LogP) is 3.67. The van der Waals surface area contributed by atoms with Gasteiger partial charge in [0.2, 0.25) is 5.91 Å². The molecule has 0 unspecified atom stereocenters. The van der Waals surface area contributed by atoms with Crippen molar-refractivity contribution >= 4 is 17.3 Å². The summed E-state index contributed by atoms with van der Waals surface area (Å²) in [6, 6.07) is 8.09. The third-order valence-corrected chi connectivity index (χ3v) is 2.76. The monoisotopic (exact) mass is 294 g/mol. The van der Waals surface area contributed by atoms with E-state index < -0.39 is 17.5 Å². The molecule has 0 bridgehead atoms. The lowest BCUT2D eigenvalue weighted by Gasteiger charge is -2.10. The van der Waals surface area contributed by atoms with Crippen LogP contribution < -0.4 is 10.6 Å². The van der Waals surface area contributed by atoms with Gasteiger partial charge in [0, 0.05) is 36.5 Å². The molecule has 0 aliphatic carbocycles. The molecule has 0 radical (unpaired) electrons. The second-order valence-corrected chi connectivity index (χ2v) is 4.47.